The summed E-state index contributed by atoms with van der Waals surface area (Å²) in [4.78, 5) is 19.9. The summed E-state index contributed by atoms with van der Waals surface area (Å²) in [6, 6.07) is 9.63. The fraction of sp³-hybridized carbons (Fsp3) is 0.462. The maximum atomic E-state index is 13.4. The molecule has 6 nitrogen and oxygen atoms in total. The number of hydrogen-bond acceptors (Lipinski definition) is 5. The Bertz CT molecular complexity index is 1030. The monoisotopic (exact) mass is 435 g/mol. The summed E-state index contributed by atoms with van der Waals surface area (Å²) >= 11 is 0. The van der Waals surface area contributed by atoms with Crippen molar-refractivity contribution in [3.63, 3.8) is 0 Å². The van der Waals surface area contributed by atoms with Crippen molar-refractivity contribution in [3.05, 3.63) is 58.1 Å². The summed E-state index contributed by atoms with van der Waals surface area (Å²) in [5, 5.41) is 13.7. The van der Waals surface area contributed by atoms with Gasteiger partial charge in [-0.1, -0.05) is 19.9 Å². The number of amides is 1. The number of fused-ring (bicyclic) bond motifs is 2. The van der Waals surface area contributed by atoms with Crippen molar-refractivity contribution in [2.75, 3.05) is 26.7 Å². The van der Waals surface area contributed by atoms with E-state index in [-0.39, 0.29) is 11.7 Å². The van der Waals surface area contributed by atoms with E-state index in [1.54, 1.807) is 11.0 Å². The molecule has 0 saturated carbocycles. The Morgan fingerprint density at radius 3 is 2.78 bits per heavy atom. The molecule has 32 heavy (non-hydrogen) atoms. The first kappa shape index (κ1) is 22.3. The van der Waals surface area contributed by atoms with Gasteiger partial charge in [0.25, 0.3) is 5.91 Å². The molecule has 4 rings (SSSR count). The summed E-state index contributed by atoms with van der Waals surface area (Å²) in [5.74, 6) is 1.33. The molecular formula is C26H33N3O3. The number of phenols is 1. The number of aliphatic imine (C=N–C) groups is 1. The van der Waals surface area contributed by atoms with Crippen LogP contribution in [0.25, 0.3) is 0 Å². The SMILES string of the molecule is CNCCOc1ccc2c(c1)CN(C(=O)c1cc3c(cc1O)CCN=C3CCC(C)C)C2. The minimum atomic E-state index is -0.145. The maximum absolute atomic E-state index is 13.4. The number of rotatable bonds is 8. The normalized spacial score (nSPS) is 14.9. The van der Waals surface area contributed by atoms with E-state index < -0.39 is 0 Å². The second kappa shape index (κ2) is 9.74. The number of carbonyl (C=O) groups excluding carboxylic acids is 1. The van der Waals surface area contributed by atoms with Gasteiger partial charge < -0.3 is 20.1 Å². The largest absolute Gasteiger partial charge is 0.507 e. The summed E-state index contributed by atoms with van der Waals surface area (Å²) in [5.41, 5.74) is 5.74. The molecule has 2 aliphatic heterocycles. The number of nitrogens with zero attached hydrogens (tertiary/aromatic N) is 2. The Kier molecular flexibility index (Phi) is 6.80. The van der Waals surface area contributed by atoms with Gasteiger partial charge >= 0.3 is 0 Å². The Balaban J connectivity index is 1.52. The molecule has 2 aromatic carbocycles. The molecule has 6 heteroatoms. The lowest BCUT2D eigenvalue weighted by Gasteiger charge is -2.21. The van der Waals surface area contributed by atoms with E-state index in [4.69, 9.17) is 9.73 Å². The minimum absolute atomic E-state index is 0.0610. The third-order valence-corrected chi connectivity index (χ3v) is 6.21. The van der Waals surface area contributed by atoms with Crippen molar-refractivity contribution < 1.29 is 14.6 Å². The van der Waals surface area contributed by atoms with Crippen molar-refractivity contribution in [3.8, 4) is 11.5 Å². The molecule has 0 aromatic heterocycles. The lowest BCUT2D eigenvalue weighted by atomic mass is 9.91. The number of hydrogen-bond donors (Lipinski definition) is 2. The summed E-state index contributed by atoms with van der Waals surface area (Å²) < 4.78 is 5.77. The number of benzene rings is 2. The van der Waals surface area contributed by atoms with Crippen molar-refractivity contribution >= 4 is 11.6 Å². The first-order chi connectivity index (χ1) is 15.5. The number of carbonyl (C=O) groups is 1. The molecule has 0 fully saturated rings. The maximum Gasteiger partial charge on any atom is 0.258 e. The fourth-order valence-electron chi connectivity index (χ4n) is 4.36. The predicted octanol–water partition coefficient (Wildman–Crippen LogP) is 3.93. The van der Waals surface area contributed by atoms with Crippen LogP contribution in [0.1, 0.15) is 59.3 Å². The number of nitrogens with one attached hydrogen (secondary N) is 1. The summed E-state index contributed by atoms with van der Waals surface area (Å²) in [6.07, 6.45) is 2.76. The molecule has 1 amide bonds. The van der Waals surface area contributed by atoms with Gasteiger partial charge in [-0.05, 0) is 78.7 Å². The second-order valence-electron chi connectivity index (χ2n) is 9.08. The van der Waals surface area contributed by atoms with Gasteiger partial charge in [0.15, 0.2) is 0 Å². The lowest BCUT2D eigenvalue weighted by molar-refractivity contribution is 0.0748. The summed E-state index contributed by atoms with van der Waals surface area (Å²) in [7, 11) is 1.89. The molecule has 0 aliphatic carbocycles. The van der Waals surface area contributed by atoms with Crippen LogP contribution in [-0.4, -0.2) is 48.4 Å². The fourth-order valence-corrected chi connectivity index (χ4v) is 4.36. The molecule has 0 radical (unpaired) electrons. The average molecular weight is 436 g/mol. The van der Waals surface area contributed by atoms with Gasteiger partial charge in [-0.15, -0.1) is 0 Å². The molecule has 0 saturated heterocycles. The molecule has 170 valence electrons. The highest BCUT2D eigenvalue weighted by atomic mass is 16.5. The predicted molar refractivity (Wildman–Crippen MR) is 127 cm³/mol. The van der Waals surface area contributed by atoms with Crippen LogP contribution < -0.4 is 10.1 Å². The molecule has 0 spiro atoms. The van der Waals surface area contributed by atoms with Crippen LogP contribution >= 0.6 is 0 Å². The van der Waals surface area contributed by atoms with Crippen molar-refractivity contribution in [1.82, 2.24) is 10.2 Å². The summed E-state index contributed by atoms with van der Waals surface area (Å²) in [6.45, 7) is 7.59. The molecule has 0 atom stereocenters. The van der Waals surface area contributed by atoms with Gasteiger partial charge in [-0.25, -0.2) is 0 Å². The van der Waals surface area contributed by atoms with Crippen LogP contribution in [-0.2, 0) is 19.5 Å². The van der Waals surface area contributed by atoms with Crippen LogP contribution in [0.5, 0.6) is 11.5 Å². The van der Waals surface area contributed by atoms with E-state index >= 15 is 0 Å². The minimum Gasteiger partial charge on any atom is -0.507 e. The number of likely N-dealkylation sites (N-methyl/N-ethyl adjacent to an activating group) is 1. The topological polar surface area (TPSA) is 74.2 Å². The van der Waals surface area contributed by atoms with Gasteiger partial charge in [-0.2, -0.15) is 0 Å². The van der Waals surface area contributed by atoms with E-state index in [0.29, 0.717) is 31.2 Å². The Morgan fingerprint density at radius 2 is 2.00 bits per heavy atom. The Labute approximate surface area is 190 Å². The van der Waals surface area contributed by atoms with E-state index in [0.717, 1.165) is 66.1 Å². The van der Waals surface area contributed by atoms with Gasteiger partial charge in [0.2, 0.25) is 0 Å². The first-order valence-corrected chi connectivity index (χ1v) is 11.5. The number of aromatic hydroxyl groups is 1. The lowest BCUT2D eigenvalue weighted by Crippen LogP contribution is -2.26. The van der Waals surface area contributed by atoms with Crippen molar-refractivity contribution in [2.45, 2.75) is 46.2 Å². The molecule has 2 aromatic rings. The average Bonchev–Trinajstić information content (AvgIpc) is 3.20. The molecule has 0 unspecified atom stereocenters. The zero-order chi connectivity index (χ0) is 22.7. The van der Waals surface area contributed by atoms with Gasteiger partial charge in [0.05, 0.1) is 5.56 Å². The van der Waals surface area contributed by atoms with E-state index in [2.05, 4.69) is 19.2 Å². The van der Waals surface area contributed by atoms with E-state index in [9.17, 15) is 9.90 Å². The van der Waals surface area contributed by atoms with Gasteiger partial charge in [0, 0.05) is 31.9 Å². The Hall–Kier alpha value is -2.86. The van der Waals surface area contributed by atoms with Crippen molar-refractivity contribution in [1.29, 1.82) is 0 Å². The smallest absolute Gasteiger partial charge is 0.258 e. The first-order valence-electron chi connectivity index (χ1n) is 11.5. The zero-order valence-electron chi connectivity index (χ0n) is 19.3. The molecule has 2 heterocycles. The highest BCUT2D eigenvalue weighted by molar-refractivity contribution is 6.06. The van der Waals surface area contributed by atoms with Crippen LogP contribution in [0.4, 0.5) is 0 Å². The molecular weight excluding hydrogens is 402 g/mol. The van der Waals surface area contributed by atoms with Crippen LogP contribution in [0, 0.1) is 5.92 Å². The molecule has 2 aliphatic rings. The van der Waals surface area contributed by atoms with Crippen LogP contribution in [0.15, 0.2) is 35.3 Å². The molecule has 0 bridgehead atoms. The zero-order valence-corrected chi connectivity index (χ0v) is 19.3. The second-order valence-corrected chi connectivity index (χ2v) is 9.08. The third kappa shape index (κ3) is 4.80. The van der Waals surface area contributed by atoms with Gasteiger partial charge in [0.1, 0.15) is 18.1 Å². The highest BCUT2D eigenvalue weighted by Crippen LogP contribution is 2.32. The van der Waals surface area contributed by atoms with E-state index in [1.165, 1.54) is 0 Å². The van der Waals surface area contributed by atoms with Crippen LogP contribution in [0.2, 0.25) is 0 Å². The molecule has 2 N–H and O–H groups in total. The quantitative estimate of drug-likeness (QED) is 0.616. The standard InChI is InChI=1S/C26H33N3O3/c1-17(2)4-7-24-22-14-23(25(30)13-18(22)8-9-28-24)26(31)29-15-19-5-6-21(12-20(19)16-29)32-11-10-27-3/h5-6,12-14,17,27,30H,4,7-11,15-16H2,1-3H3. The van der Waals surface area contributed by atoms with Crippen LogP contribution in [0.3, 0.4) is 0 Å². The number of phenolic OH excluding ortho intramolecular Hbond substituents is 1. The van der Waals surface area contributed by atoms with Crippen molar-refractivity contribution in [2.24, 2.45) is 10.9 Å². The van der Waals surface area contributed by atoms with Gasteiger partial charge in [-0.3, -0.25) is 9.79 Å². The van der Waals surface area contributed by atoms with E-state index in [1.807, 2.05) is 31.3 Å². The third-order valence-electron chi connectivity index (χ3n) is 6.21. The number of ether oxygens (including phenoxy) is 1. The Morgan fingerprint density at radius 1 is 1.19 bits per heavy atom. The highest BCUT2D eigenvalue weighted by Gasteiger charge is 2.28.